The van der Waals surface area contributed by atoms with E-state index in [2.05, 4.69) is 10.6 Å². The molecule has 0 aliphatic rings. The Bertz CT molecular complexity index is 263. The number of urea groups is 1. The Morgan fingerprint density at radius 3 is 2.61 bits per heavy atom. The van der Waals surface area contributed by atoms with E-state index in [9.17, 15) is 9.59 Å². The van der Waals surface area contributed by atoms with Crippen LogP contribution in [0.4, 0.5) is 4.79 Å². The normalized spacial score (nSPS) is 13.7. The summed E-state index contributed by atoms with van der Waals surface area (Å²) in [4.78, 5) is 22.4. The van der Waals surface area contributed by atoms with Crippen LogP contribution in [0.5, 0.6) is 0 Å². The number of carbonyl (C=O) groups excluding carboxylic acids is 1. The van der Waals surface area contributed by atoms with E-state index in [1.807, 2.05) is 13.2 Å². The van der Waals surface area contributed by atoms with Gasteiger partial charge in [-0.1, -0.05) is 6.92 Å². The molecule has 2 atom stereocenters. The SMILES string of the molecule is COCC(C)CNC(=O)N[C@@H](CCSC)C(=O)O. The van der Waals surface area contributed by atoms with Gasteiger partial charge in [-0.15, -0.1) is 0 Å². The summed E-state index contributed by atoms with van der Waals surface area (Å²) in [6, 6.07) is -1.29. The van der Waals surface area contributed by atoms with Crippen LogP contribution in [0.2, 0.25) is 0 Å². The number of nitrogens with one attached hydrogen (secondary N) is 2. The molecule has 7 heteroatoms. The molecule has 1 unspecified atom stereocenters. The standard InChI is InChI=1S/C11H22N2O4S/c1-8(7-17-2)6-12-11(16)13-9(10(14)15)4-5-18-3/h8-9H,4-7H2,1-3H3,(H,14,15)(H2,12,13,16)/t8?,9-/m0/s1. The highest BCUT2D eigenvalue weighted by Crippen LogP contribution is 2.01. The van der Waals surface area contributed by atoms with Gasteiger partial charge in [-0.05, 0) is 24.3 Å². The molecule has 0 rings (SSSR count). The molecule has 0 saturated carbocycles. The summed E-state index contributed by atoms with van der Waals surface area (Å²) in [5, 5.41) is 14.0. The van der Waals surface area contributed by atoms with E-state index in [-0.39, 0.29) is 5.92 Å². The summed E-state index contributed by atoms with van der Waals surface area (Å²) in [5.41, 5.74) is 0. The van der Waals surface area contributed by atoms with Crippen LogP contribution >= 0.6 is 11.8 Å². The zero-order valence-corrected chi connectivity index (χ0v) is 11.9. The fourth-order valence-electron chi connectivity index (χ4n) is 1.31. The first-order valence-corrected chi connectivity index (χ1v) is 7.15. The van der Waals surface area contributed by atoms with Gasteiger partial charge in [0, 0.05) is 13.7 Å². The third-order valence-electron chi connectivity index (χ3n) is 2.28. The highest BCUT2D eigenvalue weighted by Gasteiger charge is 2.19. The first-order chi connectivity index (χ1) is 8.51. The first kappa shape index (κ1) is 17.1. The molecular weight excluding hydrogens is 256 g/mol. The van der Waals surface area contributed by atoms with Crippen molar-refractivity contribution in [1.82, 2.24) is 10.6 Å². The smallest absolute Gasteiger partial charge is 0.326 e. The minimum absolute atomic E-state index is 0.190. The van der Waals surface area contributed by atoms with Crippen molar-refractivity contribution in [3.05, 3.63) is 0 Å². The van der Waals surface area contributed by atoms with Crippen LogP contribution < -0.4 is 10.6 Å². The summed E-state index contributed by atoms with van der Waals surface area (Å²) in [6.07, 6.45) is 2.31. The van der Waals surface area contributed by atoms with Gasteiger partial charge in [0.15, 0.2) is 0 Å². The van der Waals surface area contributed by atoms with Gasteiger partial charge in [0.05, 0.1) is 6.61 Å². The average Bonchev–Trinajstić information content (AvgIpc) is 2.32. The monoisotopic (exact) mass is 278 g/mol. The lowest BCUT2D eigenvalue weighted by Gasteiger charge is -2.16. The highest BCUT2D eigenvalue weighted by atomic mass is 32.2. The summed E-state index contributed by atoms with van der Waals surface area (Å²) in [7, 11) is 1.60. The second kappa shape index (κ2) is 10.0. The fourth-order valence-corrected chi connectivity index (χ4v) is 1.78. The summed E-state index contributed by atoms with van der Waals surface area (Å²) < 4.78 is 4.94. The van der Waals surface area contributed by atoms with Crippen LogP contribution in [0, 0.1) is 5.92 Å². The van der Waals surface area contributed by atoms with E-state index < -0.39 is 18.0 Å². The van der Waals surface area contributed by atoms with E-state index in [0.29, 0.717) is 25.3 Å². The topological polar surface area (TPSA) is 87.7 Å². The van der Waals surface area contributed by atoms with Crippen LogP contribution in [0.1, 0.15) is 13.3 Å². The van der Waals surface area contributed by atoms with Gasteiger partial charge in [0.1, 0.15) is 6.04 Å². The second-order valence-corrected chi connectivity index (χ2v) is 5.07. The number of thioether (sulfide) groups is 1. The Kier molecular flexibility index (Phi) is 9.49. The van der Waals surface area contributed by atoms with Crippen molar-refractivity contribution in [2.75, 3.05) is 32.3 Å². The van der Waals surface area contributed by atoms with Crippen LogP contribution in [0.3, 0.4) is 0 Å². The molecule has 0 heterocycles. The molecule has 0 spiro atoms. The lowest BCUT2D eigenvalue weighted by molar-refractivity contribution is -0.139. The summed E-state index contributed by atoms with van der Waals surface area (Å²) >= 11 is 1.55. The molecule has 0 saturated heterocycles. The van der Waals surface area contributed by atoms with Gasteiger partial charge in [0.2, 0.25) is 0 Å². The molecule has 0 aromatic carbocycles. The maximum atomic E-state index is 11.5. The molecule has 3 N–H and O–H groups in total. The van der Waals surface area contributed by atoms with Gasteiger partial charge >= 0.3 is 12.0 Å². The Morgan fingerprint density at radius 1 is 1.44 bits per heavy atom. The molecule has 106 valence electrons. The number of hydrogen-bond acceptors (Lipinski definition) is 4. The van der Waals surface area contributed by atoms with Crippen molar-refractivity contribution < 1.29 is 19.4 Å². The van der Waals surface area contributed by atoms with E-state index >= 15 is 0 Å². The largest absolute Gasteiger partial charge is 0.480 e. The Morgan fingerprint density at radius 2 is 2.11 bits per heavy atom. The third-order valence-corrected chi connectivity index (χ3v) is 2.92. The third kappa shape index (κ3) is 8.19. The maximum Gasteiger partial charge on any atom is 0.326 e. The van der Waals surface area contributed by atoms with Gasteiger partial charge in [-0.2, -0.15) is 11.8 Å². The van der Waals surface area contributed by atoms with Crippen LogP contribution in [-0.2, 0) is 9.53 Å². The Labute approximate surface area is 112 Å². The molecule has 0 bridgehead atoms. The van der Waals surface area contributed by atoms with Crippen LogP contribution in [0.15, 0.2) is 0 Å². The zero-order valence-electron chi connectivity index (χ0n) is 11.1. The molecule has 0 aliphatic heterocycles. The van der Waals surface area contributed by atoms with Gasteiger partial charge in [0.25, 0.3) is 0 Å². The molecule has 0 aliphatic carbocycles. The van der Waals surface area contributed by atoms with E-state index in [1.54, 1.807) is 18.9 Å². The minimum atomic E-state index is -1.01. The number of aliphatic carboxylic acids is 1. The van der Waals surface area contributed by atoms with Crippen LogP contribution in [-0.4, -0.2) is 55.4 Å². The molecule has 0 fully saturated rings. The number of carboxylic acids is 1. The van der Waals surface area contributed by atoms with Crippen molar-refractivity contribution in [2.45, 2.75) is 19.4 Å². The number of amides is 2. The van der Waals surface area contributed by atoms with Gasteiger partial charge in [-0.25, -0.2) is 9.59 Å². The van der Waals surface area contributed by atoms with Gasteiger partial charge < -0.3 is 20.5 Å². The molecule has 2 amide bonds. The maximum absolute atomic E-state index is 11.5. The van der Waals surface area contributed by atoms with Crippen molar-refractivity contribution in [2.24, 2.45) is 5.92 Å². The first-order valence-electron chi connectivity index (χ1n) is 5.76. The van der Waals surface area contributed by atoms with Crippen molar-refractivity contribution >= 4 is 23.8 Å². The predicted octanol–water partition coefficient (Wildman–Crippen LogP) is 0.774. The van der Waals surface area contributed by atoms with Crippen molar-refractivity contribution in [3.63, 3.8) is 0 Å². The highest BCUT2D eigenvalue weighted by molar-refractivity contribution is 7.98. The average molecular weight is 278 g/mol. The minimum Gasteiger partial charge on any atom is -0.480 e. The number of carboxylic acid groups (broad SMARTS) is 1. The number of carbonyl (C=O) groups is 2. The zero-order chi connectivity index (χ0) is 14.0. The van der Waals surface area contributed by atoms with E-state index in [1.165, 1.54) is 0 Å². The van der Waals surface area contributed by atoms with Gasteiger partial charge in [-0.3, -0.25) is 0 Å². The fraction of sp³-hybridized carbons (Fsp3) is 0.818. The quantitative estimate of drug-likeness (QED) is 0.580. The van der Waals surface area contributed by atoms with E-state index in [4.69, 9.17) is 9.84 Å². The van der Waals surface area contributed by atoms with Crippen molar-refractivity contribution in [3.8, 4) is 0 Å². The lowest BCUT2D eigenvalue weighted by atomic mass is 10.2. The Balaban J connectivity index is 3.98. The molecule has 0 aromatic rings. The summed E-state index contributed by atoms with van der Waals surface area (Å²) in [5.74, 6) is -0.128. The number of hydrogen-bond donors (Lipinski definition) is 3. The molecule has 0 radical (unpaired) electrons. The lowest BCUT2D eigenvalue weighted by Crippen LogP contribution is -2.47. The summed E-state index contributed by atoms with van der Waals surface area (Å²) in [6.45, 7) is 2.94. The molecular formula is C11H22N2O4S. The molecule has 18 heavy (non-hydrogen) atoms. The second-order valence-electron chi connectivity index (χ2n) is 4.09. The predicted molar refractivity (Wildman–Crippen MR) is 72.0 cm³/mol. The van der Waals surface area contributed by atoms with Crippen molar-refractivity contribution in [1.29, 1.82) is 0 Å². The van der Waals surface area contributed by atoms with Crippen LogP contribution in [0.25, 0.3) is 0 Å². The molecule has 0 aromatic heterocycles. The number of rotatable bonds is 9. The number of ether oxygens (including phenoxy) is 1. The van der Waals surface area contributed by atoms with E-state index in [0.717, 1.165) is 0 Å². The molecule has 6 nitrogen and oxygen atoms in total. The Hall–Kier alpha value is -0.950. The number of methoxy groups -OCH3 is 1.